The first-order valence-corrected chi connectivity index (χ1v) is 5.39. The van der Waals surface area contributed by atoms with Crippen molar-refractivity contribution < 1.29 is 9.53 Å². The van der Waals surface area contributed by atoms with Crippen LogP contribution in [0.1, 0.15) is 26.7 Å². The van der Waals surface area contributed by atoms with Gasteiger partial charge in [-0.25, -0.2) is 0 Å². The molecule has 0 rings (SSSR count). The molecule has 1 unspecified atom stereocenters. The SMILES string of the molecule is COCC(Cl)CNC(=O)CCC(C)C. The first kappa shape index (κ1) is 13.7. The predicted octanol–water partition coefficient (Wildman–Crippen LogP) is 1.79. The summed E-state index contributed by atoms with van der Waals surface area (Å²) in [5.74, 6) is 0.631. The summed E-state index contributed by atoms with van der Waals surface area (Å²) < 4.78 is 4.85. The van der Waals surface area contributed by atoms with Crippen molar-refractivity contribution in [3.05, 3.63) is 0 Å². The quantitative estimate of drug-likeness (QED) is 0.666. The molecular formula is C10H20ClNO2. The molecule has 0 spiro atoms. The number of ether oxygens (including phenoxy) is 1. The van der Waals surface area contributed by atoms with Crippen LogP contribution in [0, 0.1) is 5.92 Å². The molecule has 3 nitrogen and oxygen atoms in total. The van der Waals surface area contributed by atoms with Gasteiger partial charge >= 0.3 is 0 Å². The number of carbonyl (C=O) groups is 1. The average Bonchev–Trinajstić information content (AvgIpc) is 2.12. The summed E-state index contributed by atoms with van der Waals surface area (Å²) in [5.41, 5.74) is 0. The number of amides is 1. The van der Waals surface area contributed by atoms with Gasteiger partial charge in [-0.2, -0.15) is 0 Å². The number of halogens is 1. The Morgan fingerprint density at radius 2 is 2.14 bits per heavy atom. The molecule has 0 bridgehead atoms. The molecule has 0 saturated carbocycles. The van der Waals surface area contributed by atoms with Crippen molar-refractivity contribution in [1.82, 2.24) is 5.32 Å². The number of carbonyl (C=O) groups excluding carboxylic acids is 1. The maximum atomic E-state index is 11.2. The standard InChI is InChI=1S/C10H20ClNO2/c1-8(2)4-5-10(13)12-6-9(11)7-14-3/h8-9H,4-7H2,1-3H3,(H,12,13). The highest BCUT2D eigenvalue weighted by Crippen LogP contribution is 2.03. The fourth-order valence-corrected chi connectivity index (χ4v) is 1.18. The monoisotopic (exact) mass is 221 g/mol. The van der Waals surface area contributed by atoms with Crippen LogP contribution in [0.25, 0.3) is 0 Å². The molecule has 0 heterocycles. The first-order chi connectivity index (χ1) is 6.56. The minimum absolute atomic E-state index is 0.0699. The number of hydrogen-bond donors (Lipinski definition) is 1. The normalized spacial score (nSPS) is 12.9. The van der Waals surface area contributed by atoms with E-state index in [1.54, 1.807) is 7.11 Å². The lowest BCUT2D eigenvalue weighted by molar-refractivity contribution is -0.121. The Labute approximate surface area is 91.2 Å². The molecule has 0 aromatic rings. The van der Waals surface area contributed by atoms with Gasteiger partial charge in [0.05, 0.1) is 12.0 Å². The summed E-state index contributed by atoms with van der Waals surface area (Å²) in [4.78, 5) is 11.2. The molecule has 0 aliphatic carbocycles. The van der Waals surface area contributed by atoms with Crippen LogP contribution in [-0.2, 0) is 9.53 Å². The Morgan fingerprint density at radius 3 is 2.64 bits per heavy atom. The lowest BCUT2D eigenvalue weighted by atomic mass is 10.1. The van der Waals surface area contributed by atoms with E-state index < -0.39 is 0 Å². The zero-order valence-corrected chi connectivity index (χ0v) is 9.93. The van der Waals surface area contributed by atoms with Gasteiger partial charge < -0.3 is 10.1 Å². The second kappa shape index (κ2) is 8.06. The van der Waals surface area contributed by atoms with E-state index in [-0.39, 0.29) is 11.3 Å². The fraction of sp³-hybridized carbons (Fsp3) is 0.900. The second-order valence-corrected chi connectivity index (χ2v) is 4.41. The average molecular weight is 222 g/mol. The third-order valence-electron chi connectivity index (χ3n) is 1.82. The Balaban J connectivity index is 3.43. The topological polar surface area (TPSA) is 38.3 Å². The predicted molar refractivity (Wildman–Crippen MR) is 58.6 cm³/mol. The van der Waals surface area contributed by atoms with Gasteiger partial charge in [0, 0.05) is 20.1 Å². The van der Waals surface area contributed by atoms with E-state index >= 15 is 0 Å². The van der Waals surface area contributed by atoms with Crippen LogP contribution >= 0.6 is 11.6 Å². The van der Waals surface area contributed by atoms with Crippen LogP contribution in [0.4, 0.5) is 0 Å². The Morgan fingerprint density at radius 1 is 1.50 bits per heavy atom. The van der Waals surface area contributed by atoms with Crippen molar-refractivity contribution in [3.8, 4) is 0 Å². The van der Waals surface area contributed by atoms with Crippen molar-refractivity contribution in [2.24, 2.45) is 5.92 Å². The molecule has 0 fully saturated rings. The van der Waals surface area contributed by atoms with Gasteiger partial charge in [0.1, 0.15) is 0 Å². The van der Waals surface area contributed by atoms with Crippen LogP contribution in [-0.4, -0.2) is 31.5 Å². The van der Waals surface area contributed by atoms with Crippen molar-refractivity contribution in [2.75, 3.05) is 20.3 Å². The summed E-state index contributed by atoms with van der Waals surface area (Å²) in [6, 6.07) is 0. The zero-order chi connectivity index (χ0) is 11.0. The van der Waals surface area contributed by atoms with Crippen LogP contribution in [0.2, 0.25) is 0 Å². The molecule has 0 saturated heterocycles. The van der Waals surface area contributed by atoms with Crippen molar-refractivity contribution in [2.45, 2.75) is 32.1 Å². The minimum atomic E-state index is -0.136. The van der Waals surface area contributed by atoms with Crippen LogP contribution in [0.5, 0.6) is 0 Å². The van der Waals surface area contributed by atoms with Crippen molar-refractivity contribution in [3.63, 3.8) is 0 Å². The Hall–Kier alpha value is -0.280. The van der Waals surface area contributed by atoms with Crippen LogP contribution in [0.15, 0.2) is 0 Å². The summed E-state index contributed by atoms with van der Waals surface area (Å²) in [7, 11) is 1.59. The molecule has 0 aliphatic heterocycles. The number of methoxy groups -OCH3 is 1. The smallest absolute Gasteiger partial charge is 0.220 e. The van der Waals surface area contributed by atoms with Crippen LogP contribution < -0.4 is 5.32 Å². The second-order valence-electron chi connectivity index (χ2n) is 3.79. The molecule has 4 heteroatoms. The Bertz CT molecular complexity index is 162. The highest BCUT2D eigenvalue weighted by Gasteiger charge is 2.07. The van der Waals surface area contributed by atoms with E-state index in [0.29, 0.717) is 25.5 Å². The van der Waals surface area contributed by atoms with E-state index in [0.717, 1.165) is 6.42 Å². The number of nitrogens with one attached hydrogen (secondary N) is 1. The highest BCUT2D eigenvalue weighted by molar-refractivity contribution is 6.21. The van der Waals surface area contributed by atoms with Gasteiger partial charge in [0.25, 0.3) is 0 Å². The van der Waals surface area contributed by atoms with E-state index in [1.165, 1.54) is 0 Å². The maximum Gasteiger partial charge on any atom is 0.220 e. The third kappa shape index (κ3) is 8.32. The van der Waals surface area contributed by atoms with Gasteiger partial charge in [-0.1, -0.05) is 13.8 Å². The third-order valence-corrected chi connectivity index (χ3v) is 2.10. The van der Waals surface area contributed by atoms with Gasteiger partial charge in [-0.05, 0) is 12.3 Å². The van der Waals surface area contributed by atoms with E-state index in [9.17, 15) is 4.79 Å². The molecule has 0 aliphatic rings. The minimum Gasteiger partial charge on any atom is -0.383 e. The molecule has 14 heavy (non-hydrogen) atoms. The van der Waals surface area contributed by atoms with Crippen molar-refractivity contribution in [1.29, 1.82) is 0 Å². The van der Waals surface area contributed by atoms with Gasteiger partial charge in [0.15, 0.2) is 0 Å². The molecule has 0 radical (unpaired) electrons. The zero-order valence-electron chi connectivity index (χ0n) is 9.18. The molecule has 0 aromatic heterocycles. The maximum absolute atomic E-state index is 11.2. The van der Waals surface area contributed by atoms with E-state index in [1.807, 2.05) is 0 Å². The summed E-state index contributed by atoms with van der Waals surface area (Å²) >= 11 is 5.85. The number of rotatable bonds is 7. The van der Waals surface area contributed by atoms with Crippen molar-refractivity contribution >= 4 is 17.5 Å². The summed E-state index contributed by atoms with van der Waals surface area (Å²) in [6.45, 7) is 5.14. The Kier molecular flexibility index (Phi) is 7.90. The summed E-state index contributed by atoms with van der Waals surface area (Å²) in [5, 5.41) is 2.64. The molecule has 0 aromatic carbocycles. The molecule has 1 amide bonds. The van der Waals surface area contributed by atoms with E-state index in [2.05, 4.69) is 19.2 Å². The largest absolute Gasteiger partial charge is 0.383 e. The molecule has 1 atom stereocenters. The van der Waals surface area contributed by atoms with Gasteiger partial charge in [-0.3, -0.25) is 4.79 Å². The molecule has 1 N–H and O–H groups in total. The highest BCUT2D eigenvalue weighted by atomic mass is 35.5. The molecule has 84 valence electrons. The fourth-order valence-electron chi connectivity index (χ4n) is 0.973. The first-order valence-electron chi connectivity index (χ1n) is 4.96. The number of hydrogen-bond acceptors (Lipinski definition) is 2. The number of alkyl halides is 1. The van der Waals surface area contributed by atoms with Gasteiger partial charge in [0.2, 0.25) is 5.91 Å². The van der Waals surface area contributed by atoms with Gasteiger partial charge in [-0.15, -0.1) is 11.6 Å². The molecular weight excluding hydrogens is 202 g/mol. The lowest BCUT2D eigenvalue weighted by Gasteiger charge is -2.10. The lowest BCUT2D eigenvalue weighted by Crippen LogP contribution is -2.31. The van der Waals surface area contributed by atoms with E-state index in [4.69, 9.17) is 16.3 Å². The summed E-state index contributed by atoms with van der Waals surface area (Å²) in [6.07, 6.45) is 1.50. The van der Waals surface area contributed by atoms with Crippen LogP contribution in [0.3, 0.4) is 0 Å².